The molecule has 5 heteroatoms. The van der Waals surface area contributed by atoms with Gasteiger partial charge >= 0.3 is 0 Å². The standard InChI is InChI=1S/C16H17FN2O2/c1-2-11-3-6-13(7-4-11)21-10-16(20)19-15-9-12(18)5-8-14(15)17/h3-9H,2,10,18H2,1H3,(H,19,20). The zero-order valence-electron chi connectivity index (χ0n) is 11.7. The van der Waals surface area contributed by atoms with Crippen molar-refractivity contribution in [3.63, 3.8) is 0 Å². The molecule has 110 valence electrons. The van der Waals surface area contributed by atoms with Crippen LogP contribution < -0.4 is 15.8 Å². The van der Waals surface area contributed by atoms with Gasteiger partial charge in [0.15, 0.2) is 6.61 Å². The van der Waals surface area contributed by atoms with E-state index in [2.05, 4.69) is 12.2 Å². The number of amides is 1. The van der Waals surface area contributed by atoms with Crippen LogP contribution >= 0.6 is 0 Å². The van der Waals surface area contributed by atoms with Crippen LogP contribution in [0, 0.1) is 5.82 Å². The normalized spacial score (nSPS) is 10.2. The summed E-state index contributed by atoms with van der Waals surface area (Å²) in [6, 6.07) is 11.5. The lowest BCUT2D eigenvalue weighted by Crippen LogP contribution is -2.20. The summed E-state index contributed by atoms with van der Waals surface area (Å²) in [6.45, 7) is 1.86. The molecule has 2 rings (SSSR count). The molecule has 0 aliphatic rings. The zero-order valence-corrected chi connectivity index (χ0v) is 11.7. The summed E-state index contributed by atoms with van der Waals surface area (Å²) >= 11 is 0. The Morgan fingerprint density at radius 1 is 1.24 bits per heavy atom. The van der Waals surface area contributed by atoms with Gasteiger partial charge in [-0.3, -0.25) is 4.79 Å². The molecule has 2 aromatic carbocycles. The monoisotopic (exact) mass is 288 g/mol. The van der Waals surface area contributed by atoms with Gasteiger partial charge in [0.05, 0.1) is 5.69 Å². The quantitative estimate of drug-likeness (QED) is 0.831. The lowest BCUT2D eigenvalue weighted by Gasteiger charge is -2.09. The van der Waals surface area contributed by atoms with Crippen LogP contribution in [0.4, 0.5) is 15.8 Å². The molecule has 0 bridgehead atoms. The van der Waals surface area contributed by atoms with Gasteiger partial charge in [0, 0.05) is 5.69 Å². The summed E-state index contributed by atoms with van der Waals surface area (Å²) in [5.41, 5.74) is 7.16. The van der Waals surface area contributed by atoms with Crippen molar-refractivity contribution < 1.29 is 13.9 Å². The second kappa shape index (κ2) is 6.74. The molecule has 2 aromatic rings. The molecule has 0 saturated carbocycles. The lowest BCUT2D eigenvalue weighted by molar-refractivity contribution is -0.118. The molecule has 1 amide bonds. The van der Waals surface area contributed by atoms with Gasteiger partial charge in [-0.05, 0) is 42.3 Å². The first-order chi connectivity index (χ1) is 10.1. The number of hydrogen-bond acceptors (Lipinski definition) is 3. The molecule has 0 aromatic heterocycles. The summed E-state index contributed by atoms with van der Waals surface area (Å²) in [4.78, 5) is 11.7. The van der Waals surface area contributed by atoms with E-state index in [1.54, 1.807) is 12.1 Å². The third-order valence-electron chi connectivity index (χ3n) is 2.97. The van der Waals surface area contributed by atoms with Gasteiger partial charge in [0.1, 0.15) is 11.6 Å². The average molecular weight is 288 g/mol. The molecule has 0 aliphatic carbocycles. The predicted octanol–water partition coefficient (Wildman–Crippen LogP) is 2.99. The van der Waals surface area contributed by atoms with Crippen molar-refractivity contribution in [2.75, 3.05) is 17.7 Å². The molecule has 0 radical (unpaired) electrons. The Kier molecular flexibility index (Phi) is 4.77. The Morgan fingerprint density at radius 2 is 1.95 bits per heavy atom. The summed E-state index contributed by atoms with van der Waals surface area (Å²) < 4.78 is 18.8. The number of carbonyl (C=O) groups is 1. The Morgan fingerprint density at radius 3 is 2.62 bits per heavy atom. The van der Waals surface area contributed by atoms with E-state index in [4.69, 9.17) is 10.5 Å². The van der Waals surface area contributed by atoms with Crippen molar-refractivity contribution in [1.82, 2.24) is 0 Å². The molecule has 0 heterocycles. The highest BCUT2D eigenvalue weighted by molar-refractivity contribution is 5.92. The number of aryl methyl sites for hydroxylation is 1. The highest BCUT2D eigenvalue weighted by Gasteiger charge is 2.08. The maximum atomic E-state index is 13.5. The van der Waals surface area contributed by atoms with Crippen LogP contribution in [0.25, 0.3) is 0 Å². The first-order valence-electron chi connectivity index (χ1n) is 6.65. The SMILES string of the molecule is CCc1ccc(OCC(=O)Nc2cc(N)ccc2F)cc1. The van der Waals surface area contributed by atoms with Crippen molar-refractivity contribution in [1.29, 1.82) is 0 Å². The third kappa shape index (κ3) is 4.21. The fourth-order valence-corrected chi connectivity index (χ4v) is 1.80. The molecule has 0 unspecified atom stereocenters. The van der Waals surface area contributed by atoms with Crippen LogP contribution in [-0.2, 0) is 11.2 Å². The highest BCUT2D eigenvalue weighted by Crippen LogP contribution is 2.17. The number of rotatable bonds is 5. The van der Waals surface area contributed by atoms with Gasteiger partial charge in [-0.1, -0.05) is 19.1 Å². The molecule has 0 saturated heterocycles. The van der Waals surface area contributed by atoms with Gasteiger partial charge in [0.25, 0.3) is 5.91 Å². The van der Waals surface area contributed by atoms with Gasteiger partial charge in [-0.2, -0.15) is 0 Å². The largest absolute Gasteiger partial charge is 0.484 e. The zero-order chi connectivity index (χ0) is 15.2. The molecule has 0 fully saturated rings. The summed E-state index contributed by atoms with van der Waals surface area (Å²) in [5, 5.41) is 2.42. The van der Waals surface area contributed by atoms with E-state index in [1.807, 2.05) is 12.1 Å². The number of nitrogens with two attached hydrogens (primary N) is 1. The van der Waals surface area contributed by atoms with Crippen molar-refractivity contribution in [3.05, 3.63) is 53.8 Å². The Bertz CT molecular complexity index is 627. The minimum atomic E-state index is -0.537. The second-order valence-corrected chi connectivity index (χ2v) is 4.57. The molecule has 21 heavy (non-hydrogen) atoms. The predicted molar refractivity (Wildman–Crippen MR) is 80.8 cm³/mol. The number of ether oxygens (including phenoxy) is 1. The first kappa shape index (κ1) is 14.8. The number of carbonyl (C=O) groups excluding carboxylic acids is 1. The Hall–Kier alpha value is -2.56. The number of benzene rings is 2. The third-order valence-corrected chi connectivity index (χ3v) is 2.97. The minimum absolute atomic E-state index is 0.0462. The van der Waals surface area contributed by atoms with Crippen molar-refractivity contribution in [2.45, 2.75) is 13.3 Å². The van der Waals surface area contributed by atoms with Gasteiger partial charge in [0.2, 0.25) is 0 Å². The van der Waals surface area contributed by atoms with Crippen molar-refractivity contribution in [3.8, 4) is 5.75 Å². The first-order valence-corrected chi connectivity index (χ1v) is 6.65. The maximum Gasteiger partial charge on any atom is 0.262 e. The number of nitrogen functional groups attached to an aromatic ring is 1. The number of halogens is 1. The van der Waals surface area contributed by atoms with E-state index in [1.165, 1.54) is 23.8 Å². The smallest absolute Gasteiger partial charge is 0.262 e. The van der Waals surface area contributed by atoms with Gasteiger partial charge < -0.3 is 15.8 Å². The molecular formula is C16H17FN2O2. The number of nitrogens with one attached hydrogen (secondary N) is 1. The van der Waals surface area contributed by atoms with Crippen LogP contribution in [0.1, 0.15) is 12.5 Å². The topological polar surface area (TPSA) is 64.3 Å². The molecular weight excluding hydrogens is 271 g/mol. The fourth-order valence-electron chi connectivity index (χ4n) is 1.80. The van der Waals surface area contributed by atoms with Gasteiger partial charge in [-0.25, -0.2) is 4.39 Å². The number of anilines is 2. The van der Waals surface area contributed by atoms with Crippen LogP contribution in [0.2, 0.25) is 0 Å². The van der Waals surface area contributed by atoms with Crippen LogP contribution in [-0.4, -0.2) is 12.5 Å². The highest BCUT2D eigenvalue weighted by atomic mass is 19.1. The molecule has 4 nitrogen and oxygen atoms in total. The van der Waals surface area contributed by atoms with E-state index in [0.29, 0.717) is 11.4 Å². The Balaban J connectivity index is 1.91. The molecule has 0 aliphatic heterocycles. The van der Waals surface area contributed by atoms with Crippen LogP contribution in [0.15, 0.2) is 42.5 Å². The molecule has 0 atom stereocenters. The summed E-state index contributed by atoms with van der Waals surface area (Å²) in [5.74, 6) is -0.390. The van der Waals surface area contributed by atoms with E-state index in [-0.39, 0.29) is 12.3 Å². The maximum absolute atomic E-state index is 13.5. The summed E-state index contributed by atoms with van der Waals surface area (Å²) in [7, 11) is 0. The van der Waals surface area contributed by atoms with E-state index < -0.39 is 11.7 Å². The van der Waals surface area contributed by atoms with Crippen LogP contribution in [0.3, 0.4) is 0 Å². The number of hydrogen-bond donors (Lipinski definition) is 2. The molecule has 3 N–H and O–H groups in total. The van der Waals surface area contributed by atoms with Gasteiger partial charge in [-0.15, -0.1) is 0 Å². The fraction of sp³-hybridized carbons (Fsp3) is 0.188. The van der Waals surface area contributed by atoms with E-state index in [9.17, 15) is 9.18 Å². The van der Waals surface area contributed by atoms with E-state index >= 15 is 0 Å². The lowest BCUT2D eigenvalue weighted by atomic mass is 10.2. The van der Waals surface area contributed by atoms with Crippen molar-refractivity contribution >= 4 is 17.3 Å². The minimum Gasteiger partial charge on any atom is -0.484 e. The Labute approximate surface area is 122 Å². The average Bonchev–Trinajstić information content (AvgIpc) is 2.49. The van der Waals surface area contributed by atoms with E-state index in [0.717, 1.165) is 6.42 Å². The van der Waals surface area contributed by atoms with Crippen LogP contribution in [0.5, 0.6) is 5.75 Å². The second-order valence-electron chi connectivity index (χ2n) is 4.57. The van der Waals surface area contributed by atoms with Crippen molar-refractivity contribution in [2.24, 2.45) is 0 Å². The molecule has 0 spiro atoms. The summed E-state index contributed by atoms with van der Waals surface area (Å²) in [6.07, 6.45) is 0.940.